The Morgan fingerprint density at radius 1 is 1.14 bits per heavy atom. The van der Waals surface area contributed by atoms with Crippen molar-refractivity contribution in [3.63, 3.8) is 0 Å². The Morgan fingerprint density at radius 3 is 2.68 bits per heavy atom. The average molecular weight is 343 g/mol. The van der Waals surface area contributed by atoms with Crippen molar-refractivity contribution in [3.8, 4) is 0 Å². The van der Waals surface area contributed by atoms with Gasteiger partial charge >= 0.3 is 0 Å². The van der Waals surface area contributed by atoms with Crippen molar-refractivity contribution >= 4 is 44.2 Å². The summed E-state index contributed by atoms with van der Waals surface area (Å²) in [6.45, 7) is 0. The number of rotatable bonds is 2. The molecule has 0 saturated carbocycles. The van der Waals surface area contributed by atoms with E-state index in [-0.39, 0.29) is 10.2 Å². The van der Waals surface area contributed by atoms with Gasteiger partial charge in [0.25, 0.3) is 5.91 Å². The summed E-state index contributed by atoms with van der Waals surface area (Å²) in [5, 5.41) is 2.39. The monoisotopic (exact) mass is 342 g/mol. The number of amides is 1. The number of halogens is 4. The van der Waals surface area contributed by atoms with Gasteiger partial charge in [0.05, 0.1) is 20.8 Å². The number of nitrogens with one attached hydrogen (secondary N) is 1. The zero-order chi connectivity index (χ0) is 15.9. The molecule has 3 nitrogen and oxygen atoms in total. The number of fused-ring (bicyclic) bond motifs is 1. The van der Waals surface area contributed by atoms with Crippen LogP contribution >= 0.6 is 22.9 Å². The topological polar surface area (TPSA) is 42.0 Å². The molecule has 0 atom stereocenters. The van der Waals surface area contributed by atoms with Crippen LogP contribution in [0.1, 0.15) is 10.4 Å². The van der Waals surface area contributed by atoms with Crippen LogP contribution in [0.15, 0.2) is 30.3 Å². The first-order chi connectivity index (χ1) is 10.4. The molecular weight excluding hydrogens is 337 g/mol. The molecule has 1 heterocycles. The quantitative estimate of drug-likeness (QED) is 0.738. The molecule has 1 amide bonds. The minimum absolute atomic E-state index is 0.0909. The maximum atomic E-state index is 13.5. The molecule has 0 aliphatic carbocycles. The van der Waals surface area contributed by atoms with Crippen LogP contribution in [-0.2, 0) is 0 Å². The summed E-state index contributed by atoms with van der Waals surface area (Å²) in [4.78, 5) is 16.0. The highest BCUT2D eigenvalue weighted by Gasteiger charge is 2.15. The Balaban J connectivity index is 1.92. The van der Waals surface area contributed by atoms with E-state index < -0.39 is 28.9 Å². The molecule has 3 rings (SSSR count). The highest BCUT2D eigenvalue weighted by molar-refractivity contribution is 7.22. The minimum atomic E-state index is -0.853. The van der Waals surface area contributed by atoms with Crippen LogP contribution in [0.2, 0.25) is 5.02 Å². The maximum absolute atomic E-state index is 13.5. The van der Waals surface area contributed by atoms with Crippen LogP contribution in [0.4, 0.5) is 18.3 Å². The highest BCUT2D eigenvalue weighted by Crippen LogP contribution is 2.30. The highest BCUT2D eigenvalue weighted by atomic mass is 35.5. The van der Waals surface area contributed by atoms with E-state index in [0.717, 1.165) is 29.5 Å². The summed E-state index contributed by atoms with van der Waals surface area (Å²) >= 11 is 6.64. The fourth-order valence-electron chi connectivity index (χ4n) is 1.81. The molecule has 3 aromatic rings. The molecule has 0 fully saturated rings. The van der Waals surface area contributed by atoms with Gasteiger partial charge in [0.2, 0.25) is 0 Å². The van der Waals surface area contributed by atoms with Crippen molar-refractivity contribution in [1.29, 1.82) is 0 Å². The summed E-state index contributed by atoms with van der Waals surface area (Å²) in [5.41, 5.74) is -0.0464. The molecule has 112 valence electrons. The summed E-state index contributed by atoms with van der Waals surface area (Å²) in [5.74, 6) is -3.03. The Hall–Kier alpha value is -2.12. The minimum Gasteiger partial charge on any atom is -0.298 e. The van der Waals surface area contributed by atoms with Gasteiger partial charge in [-0.2, -0.15) is 0 Å². The largest absolute Gasteiger partial charge is 0.298 e. The Bertz CT molecular complexity index is 858. The molecule has 0 bridgehead atoms. The van der Waals surface area contributed by atoms with Crippen molar-refractivity contribution in [3.05, 3.63) is 58.4 Å². The van der Waals surface area contributed by atoms with Gasteiger partial charge in [-0.25, -0.2) is 18.2 Å². The number of carbonyl (C=O) groups excluding carboxylic acids is 1. The zero-order valence-electron chi connectivity index (χ0n) is 10.7. The van der Waals surface area contributed by atoms with E-state index in [1.165, 1.54) is 12.1 Å². The van der Waals surface area contributed by atoms with Gasteiger partial charge in [0, 0.05) is 0 Å². The first-order valence-electron chi connectivity index (χ1n) is 5.96. The van der Waals surface area contributed by atoms with E-state index in [0.29, 0.717) is 10.2 Å². The van der Waals surface area contributed by atoms with Gasteiger partial charge in [0.1, 0.15) is 17.5 Å². The van der Waals surface area contributed by atoms with Crippen LogP contribution < -0.4 is 5.32 Å². The molecule has 1 aromatic heterocycles. The molecule has 0 aliphatic rings. The molecule has 2 aromatic carbocycles. The number of benzene rings is 2. The number of thiazole rings is 1. The Morgan fingerprint density at radius 2 is 1.91 bits per heavy atom. The van der Waals surface area contributed by atoms with E-state index in [4.69, 9.17) is 11.6 Å². The predicted molar refractivity (Wildman–Crippen MR) is 78.9 cm³/mol. The van der Waals surface area contributed by atoms with E-state index >= 15 is 0 Å². The summed E-state index contributed by atoms with van der Waals surface area (Å²) in [6, 6.07) is 5.07. The van der Waals surface area contributed by atoms with Crippen LogP contribution in [0.3, 0.4) is 0 Å². The van der Waals surface area contributed by atoms with E-state index in [1.54, 1.807) is 0 Å². The number of aromatic nitrogens is 1. The summed E-state index contributed by atoms with van der Waals surface area (Å²) in [7, 11) is 0. The first-order valence-corrected chi connectivity index (χ1v) is 7.15. The van der Waals surface area contributed by atoms with E-state index in [1.807, 2.05) is 0 Å². The lowest BCUT2D eigenvalue weighted by molar-refractivity contribution is 0.102. The van der Waals surface area contributed by atoms with Gasteiger partial charge in [-0.05, 0) is 30.3 Å². The van der Waals surface area contributed by atoms with Gasteiger partial charge in [0.15, 0.2) is 5.13 Å². The summed E-state index contributed by atoms with van der Waals surface area (Å²) < 4.78 is 40.4. The van der Waals surface area contributed by atoms with Crippen LogP contribution in [0, 0.1) is 17.5 Å². The molecule has 22 heavy (non-hydrogen) atoms. The lowest BCUT2D eigenvalue weighted by Crippen LogP contribution is -2.13. The number of hydrogen-bond donors (Lipinski definition) is 1. The molecule has 0 radical (unpaired) electrons. The normalized spacial score (nSPS) is 10.9. The van der Waals surface area contributed by atoms with Crippen molar-refractivity contribution in [2.75, 3.05) is 5.32 Å². The molecule has 0 spiro atoms. The van der Waals surface area contributed by atoms with Crippen LogP contribution in [0.5, 0.6) is 0 Å². The van der Waals surface area contributed by atoms with E-state index in [2.05, 4.69) is 10.3 Å². The number of nitrogens with zero attached hydrogens (tertiary/aromatic N) is 1. The summed E-state index contributed by atoms with van der Waals surface area (Å²) in [6.07, 6.45) is 0. The second-order valence-corrected chi connectivity index (χ2v) is 5.77. The second-order valence-electron chi connectivity index (χ2n) is 4.33. The van der Waals surface area contributed by atoms with Crippen LogP contribution in [-0.4, -0.2) is 10.9 Å². The predicted octanol–water partition coefficient (Wildman–Crippen LogP) is 4.62. The van der Waals surface area contributed by atoms with Crippen molar-refractivity contribution in [1.82, 2.24) is 4.98 Å². The smallest absolute Gasteiger partial charge is 0.260 e. The van der Waals surface area contributed by atoms with Gasteiger partial charge in [-0.1, -0.05) is 22.9 Å². The van der Waals surface area contributed by atoms with E-state index in [9.17, 15) is 18.0 Å². The molecule has 1 N–H and O–H groups in total. The number of hydrogen-bond acceptors (Lipinski definition) is 3. The Kier molecular flexibility index (Phi) is 3.76. The third kappa shape index (κ3) is 2.77. The Labute approximate surface area is 131 Å². The molecular formula is C14H6ClF3N2OS. The number of anilines is 1. The van der Waals surface area contributed by atoms with Crippen molar-refractivity contribution in [2.45, 2.75) is 0 Å². The molecule has 0 aliphatic heterocycles. The lowest BCUT2D eigenvalue weighted by atomic mass is 10.2. The molecule has 0 unspecified atom stereocenters. The standard InChI is InChI=1S/C14H6ClF3N2OS/c15-8-4-11-12(5-10(8)18)22-14(19-11)20-13(21)7-3-6(16)1-2-9(7)17/h1-5H,(H,19,20,21). The SMILES string of the molecule is O=C(Nc1nc2cc(Cl)c(F)cc2s1)c1cc(F)ccc1F. The van der Waals surface area contributed by atoms with Gasteiger partial charge in [-0.3, -0.25) is 10.1 Å². The fraction of sp³-hybridized carbons (Fsp3) is 0. The van der Waals surface area contributed by atoms with Crippen molar-refractivity contribution < 1.29 is 18.0 Å². The second kappa shape index (κ2) is 5.58. The van der Waals surface area contributed by atoms with Gasteiger partial charge < -0.3 is 0 Å². The van der Waals surface area contributed by atoms with Crippen LogP contribution in [0.25, 0.3) is 10.2 Å². The average Bonchev–Trinajstić information content (AvgIpc) is 2.83. The third-order valence-electron chi connectivity index (χ3n) is 2.82. The molecule has 0 saturated heterocycles. The molecule has 8 heteroatoms. The van der Waals surface area contributed by atoms with Crippen molar-refractivity contribution in [2.24, 2.45) is 0 Å². The lowest BCUT2D eigenvalue weighted by Gasteiger charge is -2.02. The maximum Gasteiger partial charge on any atom is 0.260 e. The zero-order valence-corrected chi connectivity index (χ0v) is 12.2. The number of carbonyl (C=O) groups is 1. The third-order valence-corrected chi connectivity index (χ3v) is 4.05. The van der Waals surface area contributed by atoms with Gasteiger partial charge in [-0.15, -0.1) is 0 Å². The first kappa shape index (κ1) is 14.8. The fourth-order valence-corrected chi connectivity index (χ4v) is 2.84.